The second-order valence-electron chi connectivity index (χ2n) is 4.61. The standard InChI is InChI=1S/C14H17NO4/c1-15-12-4-2-10(6-7-19-9-14(17)18)8-11(12)3-5-13(15)16/h2,4,8H,3,5-7,9H2,1H3,(H,17,18). The highest BCUT2D eigenvalue weighted by Gasteiger charge is 2.20. The smallest absolute Gasteiger partial charge is 0.329 e. The van der Waals surface area contributed by atoms with E-state index < -0.39 is 5.97 Å². The van der Waals surface area contributed by atoms with Crippen LogP contribution in [0.1, 0.15) is 17.5 Å². The molecular formula is C14H17NO4. The van der Waals surface area contributed by atoms with Crippen molar-refractivity contribution in [2.75, 3.05) is 25.2 Å². The molecule has 0 saturated carbocycles. The quantitative estimate of drug-likeness (QED) is 0.812. The fourth-order valence-electron chi connectivity index (χ4n) is 2.21. The summed E-state index contributed by atoms with van der Waals surface area (Å²) in [6.07, 6.45) is 1.99. The molecule has 0 atom stereocenters. The van der Waals surface area contributed by atoms with Gasteiger partial charge in [0, 0.05) is 19.2 Å². The fraction of sp³-hybridized carbons (Fsp3) is 0.429. The van der Waals surface area contributed by atoms with E-state index in [0.29, 0.717) is 19.4 Å². The van der Waals surface area contributed by atoms with E-state index in [1.807, 2.05) is 12.1 Å². The maximum atomic E-state index is 11.6. The zero-order chi connectivity index (χ0) is 13.8. The highest BCUT2D eigenvalue weighted by molar-refractivity contribution is 5.95. The molecule has 1 N–H and O–H groups in total. The summed E-state index contributed by atoms with van der Waals surface area (Å²) in [4.78, 5) is 23.6. The molecule has 0 bridgehead atoms. The van der Waals surface area contributed by atoms with Gasteiger partial charge in [-0.15, -0.1) is 0 Å². The van der Waals surface area contributed by atoms with Crippen LogP contribution in [-0.4, -0.2) is 37.2 Å². The lowest BCUT2D eigenvalue weighted by Gasteiger charge is -2.26. The molecule has 0 aliphatic carbocycles. The summed E-state index contributed by atoms with van der Waals surface area (Å²) in [6, 6.07) is 5.97. The first-order valence-corrected chi connectivity index (χ1v) is 6.26. The Hall–Kier alpha value is -1.88. The summed E-state index contributed by atoms with van der Waals surface area (Å²) < 4.78 is 5.02. The molecular weight excluding hydrogens is 246 g/mol. The van der Waals surface area contributed by atoms with Crippen molar-refractivity contribution in [2.45, 2.75) is 19.3 Å². The molecule has 0 fully saturated rings. The minimum atomic E-state index is -0.953. The number of nitrogens with zero attached hydrogens (tertiary/aromatic N) is 1. The minimum absolute atomic E-state index is 0.144. The number of ether oxygens (including phenoxy) is 1. The first kappa shape index (κ1) is 13.5. The number of carboxylic acid groups (broad SMARTS) is 1. The van der Waals surface area contributed by atoms with E-state index in [1.54, 1.807) is 11.9 Å². The number of benzene rings is 1. The van der Waals surface area contributed by atoms with Gasteiger partial charge in [-0.2, -0.15) is 0 Å². The Bertz CT molecular complexity index is 498. The molecule has 1 heterocycles. The summed E-state index contributed by atoms with van der Waals surface area (Å²) in [6.45, 7) is 0.127. The second kappa shape index (κ2) is 5.84. The summed E-state index contributed by atoms with van der Waals surface area (Å²) in [5.41, 5.74) is 3.23. The molecule has 0 saturated heterocycles. The van der Waals surface area contributed by atoms with Crippen LogP contribution in [0.2, 0.25) is 0 Å². The van der Waals surface area contributed by atoms with E-state index in [4.69, 9.17) is 9.84 Å². The number of aliphatic carboxylic acids is 1. The van der Waals surface area contributed by atoms with Gasteiger partial charge in [0.2, 0.25) is 5.91 Å². The lowest BCUT2D eigenvalue weighted by atomic mass is 9.98. The molecule has 2 rings (SSSR count). The maximum Gasteiger partial charge on any atom is 0.329 e. The van der Waals surface area contributed by atoms with Crippen LogP contribution in [0.4, 0.5) is 5.69 Å². The molecule has 102 valence electrons. The number of fused-ring (bicyclic) bond motifs is 1. The van der Waals surface area contributed by atoms with Crippen LogP contribution in [0, 0.1) is 0 Å². The molecule has 0 unspecified atom stereocenters. The van der Waals surface area contributed by atoms with Gasteiger partial charge in [-0.25, -0.2) is 4.79 Å². The molecule has 1 aromatic rings. The molecule has 1 aliphatic heterocycles. The highest BCUT2D eigenvalue weighted by atomic mass is 16.5. The van der Waals surface area contributed by atoms with Gasteiger partial charge in [-0.3, -0.25) is 4.79 Å². The van der Waals surface area contributed by atoms with Crippen molar-refractivity contribution in [3.8, 4) is 0 Å². The van der Waals surface area contributed by atoms with Gasteiger partial charge in [0.05, 0.1) is 6.61 Å². The number of carboxylic acids is 1. The Labute approximate surface area is 111 Å². The van der Waals surface area contributed by atoms with Gasteiger partial charge >= 0.3 is 5.97 Å². The van der Waals surface area contributed by atoms with E-state index in [-0.39, 0.29) is 12.5 Å². The normalized spacial score (nSPS) is 14.4. The summed E-state index contributed by atoms with van der Waals surface area (Å²) >= 11 is 0. The first-order valence-electron chi connectivity index (χ1n) is 6.26. The van der Waals surface area contributed by atoms with Crippen molar-refractivity contribution < 1.29 is 19.4 Å². The van der Waals surface area contributed by atoms with Crippen molar-refractivity contribution in [2.24, 2.45) is 0 Å². The number of aryl methyl sites for hydroxylation is 1. The summed E-state index contributed by atoms with van der Waals surface area (Å²) in [5.74, 6) is -0.810. The van der Waals surface area contributed by atoms with E-state index in [9.17, 15) is 9.59 Å². The lowest BCUT2D eigenvalue weighted by molar-refractivity contribution is -0.142. The van der Waals surface area contributed by atoms with Crippen molar-refractivity contribution in [3.05, 3.63) is 29.3 Å². The topological polar surface area (TPSA) is 66.8 Å². The van der Waals surface area contributed by atoms with Crippen LogP contribution < -0.4 is 4.90 Å². The average Bonchev–Trinajstić information content (AvgIpc) is 2.39. The van der Waals surface area contributed by atoms with E-state index in [1.165, 1.54) is 0 Å². The monoisotopic (exact) mass is 263 g/mol. The zero-order valence-electron chi connectivity index (χ0n) is 10.9. The Morgan fingerprint density at radius 2 is 2.21 bits per heavy atom. The highest BCUT2D eigenvalue weighted by Crippen LogP contribution is 2.27. The summed E-state index contributed by atoms with van der Waals surface area (Å²) in [5, 5.41) is 8.46. The third kappa shape index (κ3) is 3.32. The number of anilines is 1. The van der Waals surface area contributed by atoms with E-state index >= 15 is 0 Å². The molecule has 1 amide bonds. The van der Waals surface area contributed by atoms with Crippen LogP contribution in [0.3, 0.4) is 0 Å². The van der Waals surface area contributed by atoms with Crippen LogP contribution in [0.25, 0.3) is 0 Å². The number of carbonyl (C=O) groups excluding carboxylic acids is 1. The largest absolute Gasteiger partial charge is 0.480 e. The third-order valence-corrected chi connectivity index (χ3v) is 3.25. The third-order valence-electron chi connectivity index (χ3n) is 3.25. The number of rotatable bonds is 5. The van der Waals surface area contributed by atoms with Crippen LogP contribution in [-0.2, 0) is 27.2 Å². The van der Waals surface area contributed by atoms with Gasteiger partial charge < -0.3 is 14.7 Å². The molecule has 0 radical (unpaired) electrons. The molecule has 19 heavy (non-hydrogen) atoms. The predicted octanol–water partition coefficient (Wildman–Crippen LogP) is 1.24. The molecule has 0 spiro atoms. The molecule has 1 aliphatic rings. The number of hydrogen-bond acceptors (Lipinski definition) is 3. The Morgan fingerprint density at radius 3 is 2.95 bits per heavy atom. The van der Waals surface area contributed by atoms with Gasteiger partial charge in [-0.05, 0) is 30.0 Å². The Morgan fingerprint density at radius 1 is 1.42 bits per heavy atom. The Balaban J connectivity index is 1.97. The number of amides is 1. The van der Waals surface area contributed by atoms with Crippen LogP contribution in [0.15, 0.2) is 18.2 Å². The average molecular weight is 263 g/mol. The van der Waals surface area contributed by atoms with Crippen molar-refractivity contribution in [1.82, 2.24) is 0 Å². The molecule has 1 aromatic carbocycles. The first-order chi connectivity index (χ1) is 9.08. The summed E-state index contributed by atoms with van der Waals surface area (Å²) in [7, 11) is 1.79. The molecule has 5 heteroatoms. The number of hydrogen-bond donors (Lipinski definition) is 1. The van der Waals surface area contributed by atoms with Gasteiger partial charge in [0.25, 0.3) is 0 Å². The zero-order valence-corrected chi connectivity index (χ0v) is 10.9. The van der Waals surface area contributed by atoms with Crippen molar-refractivity contribution in [3.63, 3.8) is 0 Å². The fourth-order valence-corrected chi connectivity index (χ4v) is 2.21. The molecule has 5 nitrogen and oxygen atoms in total. The van der Waals surface area contributed by atoms with Crippen LogP contribution in [0.5, 0.6) is 0 Å². The Kier molecular flexibility index (Phi) is 4.16. The van der Waals surface area contributed by atoms with Crippen LogP contribution >= 0.6 is 0 Å². The van der Waals surface area contributed by atoms with Gasteiger partial charge in [-0.1, -0.05) is 12.1 Å². The minimum Gasteiger partial charge on any atom is -0.480 e. The van der Waals surface area contributed by atoms with Crippen molar-refractivity contribution in [1.29, 1.82) is 0 Å². The maximum absolute atomic E-state index is 11.6. The van der Waals surface area contributed by atoms with E-state index in [2.05, 4.69) is 6.07 Å². The van der Waals surface area contributed by atoms with E-state index in [0.717, 1.165) is 23.2 Å². The predicted molar refractivity (Wildman–Crippen MR) is 70.3 cm³/mol. The SMILES string of the molecule is CN1C(=O)CCc2cc(CCOCC(=O)O)ccc21. The molecule has 0 aromatic heterocycles. The number of carbonyl (C=O) groups is 2. The van der Waals surface area contributed by atoms with Gasteiger partial charge in [0.15, 0.2) is 0 Å². The van der Waals surface area contributed by atoms with Gasteiger partial charge in [0.1, 0.15) is 6.61 Å². The second-order valence-corrected chi connectivity index (χ2v) is 4.61. The van der Waals surface area contributed by atoms with Crippen molar-refractivity contribution >= 4 is 17.6 Å². The lowest BCUT2D eigenvalue weighted by Crippen LogP contribution is -2.31.